The summed E-state index contributed by atoms with van der Waals surface area (Å²) in [6.45, 7) is 1.55. The minimum atomic E-state index is -2.00. The second kappa shape index (κ2) is 60.0. The molecule has 0 bridgehead atoms. The van der Waals surface area contributed by atoms with Gasteiger partial charge in [-0.05, 0) is 109 Å². The van der Waals surface area contributed by atoms with Gasteiger partial charge >= 0.3 is 0 Å². The van der Waals surface area contributed by atoms with Gasteiger partial charge in [0.15, 0.2) is 18.9 Å². The molecule has 3 aliphatic rings. The highest BCUT2D eigenvalue weighted by molar-refractivity contribution is 5.76. The predicted octanol–water partition coefficient (Wildman–Crippen LogP) is 11.9. The first kappa shape index (κ1) is 89.9. The maximum absolute atomic E-state index is 13.4. The van der Waals surface area contributed by atoms with Crippen molar-refractivity contribution in [1.82, 2.24) is 5.32 Å². The zero-order chi connectivity index (χ0) is 72.5. The van der Waals surface area contributed by atoms with Gasteiger partial charge in [-0.3, -0.25) is 4.79 Å². The van der Waals surface area contributed by atoms with Crippen LogP contribution in [-0.4, -0.2) is 193 Å². The highest BCUT2D eigenvalue weighted by Crippen LogP contribution is 2.33. The molecule has 12 N–H and O–H groups in total. The molecule has 3 fully saturated rings. The van der Waals surface area contributed by atoms with Crippen LogP contribution >= 0.6 is 0 Å². The summed E-state index contributed by atoms with van der Waals surface area (Å²) in [5.74, 6) is -0.353. The number of allylic oxidation sites excluding steroid dienone is 23. The maximum Gasteiger partial charge on any atom is 0.220 e. The van der Waals surface area contributed by atoms with E-state index in [4.69, 9.17) is 28.4 Å². The highest BCUT2D eigenvalue weighted by atomic mass is 16.8. The lowest BCUT2D eigenvalue weighted by molar-refractivity contribution is -0.379. The number of aliphatic hydroxyl groups excluding tert-OH is 11. The van der Waals surface area contributed by atoms with Gasteiger partial charge in [0.25, 0.3) is 0 Å². The van der Waals surface area contributed by atoms with Crippen LogP contribution in [0.5, 0.6) is 0 Å². The summed E-state index contributed by atoms with van der Waals surface area (Å²) in [7, 11) is 0. The van der Waals surface area contributed by atoms with Crippen molar-refractivity contribution in [3.05, 3.63) is 146 Å². The Morgan fingerprint density at radius 1 is 0.370 bits per heavy atom. The fourth-order valence-electron chi connectivity index (χ4n) is 11.8. The van der Waals surface area contributed by atoms with Crippen LogP contribution in [0.15, 0.2) is 146 Å². The number of carbonyl (C=O) groups excluding carboxylic acids is 1. The van der Waals surface area contributed by atoms with Gasteiger partial charge in [-0.2, -0.15) is 0 Å². The average molecular weight is 1410 g/mol. The summed E-state index contributed by atoms with van der Waals surface area (Å²) in [5, 5.41) is 121. The van der Waals surface area contributed by atoms with Crippen LogP contribution in [0.4, 0.5) is 0 Å². The topological polar surface area (TPSA) is 307 Å². The van der Waals surface area contributed by atoms with Crippen LogP contribution in [0.2, 0.25) is 0 Å². The number of hydrogen-bond acceptors (Lipinski definition) is 18. The van der Waals surface area contributed by atoms with E-state index in [1.54, 1.807) is 6.08 Å². The molecule has 570 valence electrons. The molecule has 0 aromatic carbocycles. The van der Waals surface area contributed by atoms with Gasteiger partial charge in [0.2, 0.25) is 5.91 Å². The summed E-state index contributed by atoms with van der Waals surface area (Å²) >= 11 is 0. The molecule has 19 nitrogen and oxygen atoms in total. The second-order valence-electron chi connectivity index (χ2n) is 26.4. The largest absolute Gasteiger partial charge is 0.394 e. The molecule has 3 heterocycles. The number of nitrogens with one attached hydrogen (secondary N) is 1. The van der Waals surface area contributed by atoms with Gasteiger partial charge in [-0.15, -0.1) is 0 Å². The van der Waals surface area contributed by atoms with E-state index in [2.05, 4.69) is 147 Å². The molecule has 3 aliphatic heterocycles. The maximum atomic E-state index is 13.4. The predicted molar refractivity (Wildman–Crippen MR) is 396 cm³/mol. The number of aliphatic hydroxyl groups is 11. The van der Waals surface area contributed by atoms with Crippen molar-refractivity contribution in [3.63, 3.8) is 0 Å². The lowest BCUT2D eigenvalue weighted by Crippen LogP contribution is -2.66. The lowest BCUT2D eigenvalue weighted by Gasteiger charge is -2.48. The molecule has 17 unspecified atom stereocenters. The van der Waals surface area contributed by atoms with Gasteiger partial charge in [-0.1, -0.05) is 256 Å². The van der Waals surface area contributed by atoms with Crippen molar-refractivity contribution in [3.8, 4) is 0 Å². The van der Waals surface area contributed by atoms with E-state index in [9.17, 15) is 61.0 Å². The molecular formula is C81H133NO18. The van der Waals surface area contributed by atoms with Gasteiger partial charge < -0.3 is 89.9 Å². The minimum Gasteiger partial charge on any atom is -0.394 e. The molecule has 3 saturated heterocycles. The minimum absolute atomic E-state index is 0.141. The van der Waals surface area contributed by atoms with Crippen molar-refractivity contribution in [2.24, 2.45) is 0 Å². The summed E-state index contributed by atoms with van der Waals surface area (Å²) < 4.78 is 34.3. The van der Waals surface area contributed by atoms with Crippen molar-refractivity contribution in [2.75, 3.05) is 26.4 Å². The van der Waals surface area contributed by atoms with Crippen LogP contribution < -0.4 is 5.32 Å². The monoisotopic (exact) mass is 1410 g/mol. The molecule has 0 aromatic rings. The normalized spacial score (nSPS) is 27.3. The van der Waals surface area contributed by atoms with E-state index in [-0.39, 0.29) is 12.3 Å². The summed E-state index contributed by atoms with van der Waals surface area (Å²) in [4.78, 5) is 13.4. The SMILES string of the molecule is CC/C=C\C/C=C\C/C=C\C/C=C\C/C=C\C/C=C\C/C=C\C/C=C\C/C=C\CCCC(=O)NC(COC1OC(CO)C(OC2OC(CO)C(OC3OC(CO)C(O)C(O)C3O)C(O)C2O)C(O)C1O)C(O)/C=C/CC/C=C/CC/C=C/CCCCCCCCCCCCCCCCCC. The van der Waals surface area contributed by atoms with Crippen LogP contribution in [0, 0.1) is 0 Å². The summed E-state index contributed by atoms with van der Waals surface area (Å²) in [6, 6.07) is -1.04. The van der Waals surface area contributed by atoms with E-state index in [0.717, 1.165) is 83.5 Å². The van der Waals surface area contributed by atoms with Crippen LogP contribution in [0.1, 0.15) is 226 Å². The first-order valence-electron chi connectivity index (χ1n) is 38.1. The molecule has 100 heavy (non-hydrogen) atoms. The van der Waals surface area contributed by atoms with Crippen molar-refractivity contribution >= 4 is 5.91 Å². The number of rotatable bonds is 57. The quantitative estimate of drug-likeness (QED) is 0.0199. The Balaban J connectivity index is 1.45. The third kappa shape index (κ3) is 40.1. The number of unbranched alkanes of at least 4 members (excludes halogenated alkanes) is 19. The molecule has 0 aromatic heterocycles. The molecule has 1 amide bonds. The third-order valence-electron chi connectivity index (χ3n) is 17.8. The standard InChI is InChI=1S/C81H133NO18/c1-3-5-7-9-11-13-15-17-19-21-23-25-27-29-31-32-33-35-37-39-41-43-45-47-49-51-53-55-57-59-69(87)82-64(65(86)58-56-54-52-50-48-46-44-42-40-38-36-34-30-28-26-24-22-20-18-16-14-12-10-8-6-4-2)63-95-79-75(93)72(90)77(67(61-84)97-79)100-81-76(94)73(91)78(68(62-85)98-81)99-80-74(92)71(89)70(88)66(60-83)96-80/h5,7,11,13,17,19,23,25,29,31,33,35,39-42,45,47-48,50-51,53,56,58,64-68,70-81,83-86,88-94H,3-4,6,8-10,12,14-16,18,20-22,24,26-28,30,32,34,36-38,43-44,46,49,52,54-55,57,59-63H2,1-2H3,(H,82,87)/b7-5-,13-11-,19-17-,25-23-,31-29-,35-33-,41-39-,42-40+,47-45-,50-48+,53-51-,58-56+. The Bertz CT molecular complexity index is 2380. The van der Waals surface area contributed by atoms with Crippen molar-refractivity contribution in [2.45, 2.75) is 330 Å². The molecule has 3 rings (SSSR count). The Hall–Kier alpha value is -4.33. The third-order valence-corrected chi connectivity index (χ3v) is 17.8. The Morgan fingerprint density at radius 3 is 1.12 bits per heavy atom. The fourth-order valence-corrected chi connectivity index (χ4v) is 11.8. The molecular weight excluding hydrogens is 1270 g/mol. The Labute approximate surface area is 600 Å². The number of ether oxygens (including phenoxy) is 6. The van der Waals surface area contributed by atoms with Gasteiger partial charge in [0, 0.05) is 6.42 Å². The summed E-state index contributed by atoms with van der Waals surface area (Å²) in [5.41, 5.74) is 0. The number of hydrogen-bond donors (Lipinski definition) is 12. The van der Waals surface area contributed by atoms with E-state index < -0.39 is 131 Å². The number of carbonyl (C=O) groups is 1. The van der Waals surface area contributed by atoms with Crippen LogP contribution in [0.3, 0.4) is 0 Å². The zero-order valence-corrected chi connectivity index (χ0v) is 60.6. The lowest BCUT2D eigenvalue weighted by atomic mass is 9.96. The zero-order valence-electron chi connectivity index (χ0n) is 60.6. The van der Waals surface area contributed by atoms with Crippen LogP contribution in [-0.2, 0) is 33.2 Å². The molecule has 0 aliphatic carbocycles. The molecule has 0 spiro atoms. The van der Waals surface area contributed by atoms with E-state index in [1.807, 2.05) is 12.2 Å². The highest BCUT2D eigenvalue weighted by Gasteiger charge is 2.53. The van der Waals surface area contributed by atoms with E-state index >= 15 is 0 Å². The molecule has 0 saturated carbocycles. The van der Waals surface area contributed by atoms with Gasteiger partial charge in [0.1, 0.15) is 73.2 Å². The second-order valence-corrected chi connectivity index (χ2v) is 26.4. The Kier molecular flexibility index (Phi) is 53.9. The number of amides is 1. The molecule has 0 radical (unpaired) electrons. The smallest absolute Gasteiger partial charge is 0.220 e. The first-order chi connectivity index (χ1) is 48.8. The Morgan fingerprint density at radius 2 is 0.700 bits per heavy atom. The van der Waals surface area contributed by atoms with Crippen molar-refractivity contribution in [1.29, 1.82) is 0 Å². The first-order valence-corrected chi connectivity index (χ1v) is 38.1. The molecule has 17 atom stereocenters. The van der Waals surface area contributed by atoms with Gasteiger partial charge in [0.05, 0.1) is 38.6 Å². The van der Waals surface area contributed by atoms with Crippen molar-refractivity contribution < 1.29 is 89.4 Å². The average Bonchev–Trinajstić information content (AvgIpc) is 0.783. The van der Waals surface area contributed by atoms with E-state index in [1.165, 1.54) is 103 Å². The van der Waals surface area contributed by atoms with Gasteiger partial charge in [-0.25, -0.2) is 0 Å². The van der Waals surface area contributed by atoms with Crippen LogP contribution in [0.25, 0.3) is 0 Å². The van der Waals surface area contributed by atoms with E-state index in [0.29, 0.717) is 19.3 Å². The summed E-state index contributed by atoms with van der Waals surface area (Å²) in [6.07, 6.45) is 59.7. The molecule has 19 heteroatoms. The fraction of sp³-hybridized carbons (Fsp3) is 0.691.